The zero-order valence-electron chi connectivity index (χ0n) is 11.5. The standard InChI is InChI=1S/C13H16F2N2O3S/c1-9-4-6-21-7-5-16(9)10-2-3-11(17(18)19)12(8-10)20-13(14)15/h2-3,8-9,13H,4-7H2,1H3. The average Bonchev–Trinajstić information content (AvgIpc) is 2.62. The largest absolute Gasteiger partial charge is 0.427 e. The minimum Gasteiger partial charge on any atom is -0.427 e. The number of ether oxygens (including phenoxy) is 1. The van der Waals surface area contributed by atoms with Crippen LogP contribution in [0.1, 0.15) is 13.3 Å². The van der Waals surface area contributed by atoms with Crippen LogP contribution in [0, 0.1) is 10.1 Å². The van der Waals surface area contributed by atoms with E-state index >= 15 is 0 Å². The second-order valence-electron chi connectivity index (χ2n) is 4.73. The fourth-order valence-electron chi connectivity index (χ4n) is 2.30. The number of alkyl halides is 2. The van der Waals surface area contributed by atoms with Gasteiger partial charge in [0.1, 0.15) is 0 Å². The third-order valence-electron chi connectivity index (χ3n) is 3.38. The van der Waals surface area contributed by atoms with Crippen LogP contribution < -0.4 is 9.64 Å². The fourth-order valence-corrected chi connectivity index (χ4v) is 3.34. The van der Waals surface area contributed by atoms with Crippen molar-refractivity contribution in [2.24, 2.45) is 0 Å². The van der Waals surface area contributed by atoms with Gasteiger partial charge in [-0.05, 0) is 25.2 Å². The molecule has 0 bridgehead atoms. The van der Waals surface area contributed by atoms with Crippen LogP contribution in [0.3, 0.4) is 0 Å². The van der Waals surface area contributed by atoms with E-state index in [1.165, 1.54) is 12.1 Å². The van der Waals surface area contributed by atoms with E-state index in [-0.39, 0.29) is 6.04 Å². The monoisotopic (exact) mass is 318 g/mol. The highest BCUT2D eigenvalue weighted by Gasteiger charge is 2.23. The summed E-state index contributed by atoms with van der Waals surface area (Å²) < 4.78 is 29.1. The lowest BCUT2D eigenvalue weighted by Gasteiger charge is -2.29. The van der Waals surface area contributed by atoms with Crippen LogP contribution in [0.2, 0.25) is 0 Å². The summed E-state index contributed by atoms with van der Waals surface area (Å²) in [5, 5.41) is 10.9. The topological polar surface area (TPSA) is 55.6 Å². The molecule has 1 unspecified atom stereocenters. The molecule has 0 N–H and O–H groups in total. The first-order chi connectivity index (χ1) is 9.99. The summed E-state index contributed by atoms with van der Waals surface area (Å²) in [6, 6.07) is 4.39. The molecule has 0 aromatic heterocycles. The Morgan fingerprint density at radius 1 is 1.48 bits per heavy atom. The maximum atomic E-state index is 12.4. The fraction of sp³-hybridized carbons (Fsp3) is 0.538. The average molecular weight is 318 g/mol. The Morgan fingerprint density at radius 3 is 2.90 bits per heavy atom. The summed E-state index contributed by atoms with van der Waals surface area (Å²) in [5.74, 6) is 1.59. The van der Waals surface area contributed by atoms with Crippen LogP contribution in [0.15, 0.2) is 18.2 Å². The predicted octanol–water partition coefficient (Wildman–Crippen LogP) is 3.53. The smallest absolute Gasteiger partial charge is 0.387 e. The molecule has 0 aliphatic carbocycles. The van der Waals surface area contributed by atoms with Crippen molar-refractivity contribution in [1.29, 1.82) is 0 Å². The number of anilines is 1. The lowest BCUT2D eigenvalue weighted by Crippen LogP contribution is -2.33. The van der Waals surface area contributed by atoms with Gasteiger partial charge in [-0.1, -0.05) is 0 Å². The molecule has 116 valence electrons. The maximum absolute atomic E-state index is 12.4. The van der Waals surface area contributed by atoms with Crippen molar-refractivity contribution in [2.75, 3.05) is 23.0 Å². The number of nitrogens with zero attached hydrogens (tertiary/aromatic N) is 2. The van der Waals surface area contributed by atoms with Crippen molar-refractivity contribution in [2.45, 2.75) is 26.0 Å². The zero-order valence-corrected chi connectivity index (χ0v) is 12.3. The van der Waals surface area contributed by atoms with E-state index in [0.717, 1.165) is 24.5 Å². The molecule has 0 radical (unpaired) electrons. The highest BCUT2D eigenvalue weighted by atomic mass is 32.2. The Labute approximate surface area is 125 Å². The molecule has 0 spiro atoms. The van der Waals surface area contributed by atoms with E-state index in [2.05, 4.69) is 16.6 Å². The molecule has 1 aromatic rings. The van der Waals surface area contributed by atoms with Gasteiger partial charge >= 0.3 is 12.3 Å². The lowest BCUT2D eigenvalue weighted by molar-refractivity contribution is -0.386. The highest BCUT2D eigenvalue weighted by Crippen LogP contribution is 2.34. The van der Waals surface area contributed by atoms with Gasteiger partial charge in [-0.3, -0.25) is 10.1 Å². The molecule has 1 heterocycles. The van der Waals surface area contributed by atoms with Gasteiger partial charge in [0.25, 0.3) is 0 Å². The molecule has 0 amide bonds. The van der Waals surface area contributed by atoms with E-state index in [1.54, 1.807) is 6.07 Å². The van der Waals surface area contributed by atoms with Crippen molar-refractivity contribution < 1.29 is 18.4 Å². The summed E-state index contributed by atoms with van der Waals surface area (Å²) in [7, 11) is 0. The van der Waals surface area contributed by atoms with Gasteiger partial charge in [0.05, 0.1) is 4.92 Å². The van der Waals surface area contributed by atoms with Gasteiger partial charge in [0.15, 0.2) is 0 Å². The molecule has 1 atom stereocenters. The molecule has 1 aromatic carbocycles. The Kier molecular flexibility index (Phi) is 5.22. The second kappa shape index (κ2) is 6.93. The zero-order chi connectivity index (χ0) is 15.4. The Hall–Kier alpha value is -1.57. The van der Waals surface area contributed by atoms with Crippen molar-refractivity contribution in [3.63, 3.8) is 0 Å². The molecule has 2 rings (SSSR count). The van der Waals surface area contributed by atoms with Crippen LogP contribution >= 0.6 is 11.8 Å². The SMILES string of the molecule is CC1CCSCCN1c1ccc([N+](=O)[O-])c(OC(F)F)c1. The molecular formula is C13H16F2N2O3S. The van der Waals surface area contributed by atoms with Crippen molar-refractivity contribution in [1.82, 2.24) is 0 Å². The van der Waals surface area contributed by atoms with Gasteiger partial charge in [-0.2, -0.15) is 20.5 Å². The van der Waals surface area contributed by atoms with Crippen LogP contribution in [0.5, 0.6) is 5.75 Å². The first-order valence-electron chi connectivity index (χ1n) is 6.56. The number of halogens is 2. The lowest BCUT2D eigenvalue weighted by atomic mass is 10.1. The summed E-state index contributed by atoms with van der Waals surface area (Å²) >= 11 is 1.84. The van der Waals surface area contributed by atoms with E-state index in [0.29, 0.717) is 5.69 Å². The summed E-state index contributed by atoms with van der Waals surface area (Å²) in [6.07, 6.45) is 0.979. The van der Waals surface area contributed by atoms with Crippen molar-refractivity contribution in [3.05, 3.63) is 28.3 Å². The van der Waals surface area contributed by atoms with Gasteiger partial charge in [-0.15, -0.1) is 0 Å². The molecule has 5 nitrogen and oxygen atoms in total. The number of rotatable bonds is 4. The summed E-state index contributed by atoms with van der Waals surface area (Å²) in [5.41, 5.74) is 0.224. The molecule has 0 saturated carbocycles. The first-order valence-corrected chi connectivity index (χ1v) is 7.72. The van der Waals surface area contributed by atoms with Gasteiger partial charge in [-0.25, -0.2) is 0 Å². The Balaban J connectivity index is 2.33. The molecule has 21 heavy (non-hydrogen) atoms. The minimum absolute atomic E-state index is 0.251. The van der Waals surface area contributed by atoms with E-state index in [4.69, 9.17) is 0 Å². The van der Waals surface area contributed by atoms with Gasteiger partial charge < -0.3 is 9.64 Å². The predicted molar refractivity (Wildman–Crippen MR) is 78.5 cm³/mol. The number of benzene rings is 1. The van der Waals surface area contributed by atoms with Crippen LogP contribution in [0.4, 0.5) is 20.2 Å². The number of hydrogen-bond donors (Lipinski definition) is 0. The molecule has 1 fully saturated rings. The van der Waals surface area contributed by atoms with Crippen molar-refractivity contribution >= 4 is 23.1 Å². The van der Waals surface area contributed by atoms with Crippen molar-refractivity contribution in [3.8, 4) is 5.75 Å². The second-order valence-corrected chi connectivity index (χ2v) is 5.96. The van der Waals surface area contributed by atoms with E-state index < -0.39 is 23.0 Å². The molecule has 8 heteroatoms. The summed E-state index contributed by atoms with van der Waals surface area (Å²) in [4.78, 5) is 12.2. The first kappa shape index (κ1) is 15.8. The molecule has 1 aliphatic heterocycles. The maximum Gasteiger partial charge on any atom is 0.387 e. The molecule has 1 aliphatic rings. The number of hydrogen-bond acceptors (Lipinski definition) is 5. The van der Waals surface area contributed by atoms with Crippen LogP contribution in [0.25, 0.3) is 0 Å². The van der Waals surface area contributed by atoms with Crippen LogP contribution in [-0.2, 0) is 0 Å². The van der Waals surface area contributed by atoms with Gasteiger partial charge in [0, 0.05) is 36.2 Å². The summed E-state index contributed by atoms with van der Waals surface area (Å²) in [6.45, 7) is -0.255. The van der Waals surface area contributed by atoms with E-state index in [1.807, 2.05) is 11.8 Å². The van der Waals surface area contributed by atoms with Gasteiger partial charge in [0.2, 0.25) is 5.75 Å². The highest BCUT2D eigenvalue weighted by molar-refractivity contribution is 7.99. The third-order valence-corrected chi connectivity index (χ3v) is 4.37. The number of thioether (sulfide) groups is 1. The Morgan fingerprint density at radius 2 is 2.24 bits per heavy atom. The number of nitro groups is 1. The number of nitro benzene ring substituents is 1. The molecule has 1 saturated heterocycles. The van der Waals surface area contributed by atoms with Crippen LogP contribution in [-0.4, -0.2) is 35.6 Å². The Bertz CT molecular complexity index is 516. The quantitative estimate of drug-likeness (QED) is 0.628. The normalized spacial score (nSPS) is 19.4. The van der Waals surface area contributed by atoms with E-state index in [9.17, 15) is 18.9 Å². The minimum atomic E-state index is -3.09. The third kappa shape index (κ3) is 3.96. The molecular weight excluding hydrogens is 302 g/mol.